The number of rotatable bonds is 2. The fourth-order valence-corrected chi connectivity index (χ4v) is 1.51. The molecule has 3 heteroatoms. The summed E-state index contributed by atoms with van der Waals surface area (Å²) in [6.45, 7) is 11.1. The molecule has 0 spiro atoms. The first kappa shape index (κ1) is 10.5. The van der Waals surface area contributed by atoms with Crippen molar-refractivity contribution in [2.75, 3.05) is 19.6 Å². The number of carbonyl (C=O) groups excluding carboxylic acids is 1. The first-order valence-electron chi connectivity index (χ1n) is 4.98. The molecule has 76 valence electrons. The molecule has 1 rings (SSSR count). The minimum Gasteiger partial charge on any atom is -0.356 e. The molecule has 0 aromatic carbocycles. The molecule has 0 aromatic heterocycles. The van der Waals surface area contributed by atoms with Gasteiger partial charge < -0.3 is 5.32 Å². The van der Waals surface area contributed by atoms with E-state index in [4.69, 9.17) is 0 Å². The number of amides is 1. The van der Waals surface area contributed by atoms with Gasteiger partial charge in [0.25, 0.3) is 0 Å². The minimum atomic E-state index is 0.211. The van der Waals surface area contributed by atoms with Crippen LogP contribution in [0.3, 0.4) is 0 Å². The predicted molar refractivity (Wildman–Crippen MR) is 53.5 cm³/mol. The van der Waals surface area contributed by atoms with E-state index in [2.05, 4.69) is 31.0 Å². The molecule has 0 radical (unpaired) electrons. The van der Waals surface area contributed by atoms with E-state index in [-0.39, 0.29) is 17.4 Å². The second-order valence-corrected chi connectivity index (χ2v) is 4.67. The summed E-state index contributed by atoms with van der Waals surface area (Å²) in [6.07, 6.45) is 0. The molecule has 1 heterocycles. The topological polar surface area (TPSA) is 32.3 Å². The smallest absolute Gasteiger partial charge is 0.225 e. The maximum Gasteiger partial charge on any atom is 0.225 e. The average molecular weight is 184 g/mol. The molecule has 0 aromatic rings. The van der Waals surface area contributed by atoms with Crippen molar-refractivity contribution in [3.05, 3.63) is 0 Å². The van der Waals surface area contributed by atoms with Gasteiger partial charge in [-0.2, -0.15) is 0 Å². The van der Waals surface area contributed by atoms with E-state index in [0.29, 0.717) is 0 Å². The Labute approximate surface area is 80.5 Å². The highest BCUT2D eigenvalue weighted by atomic mass is 16.2. The Hall–Kier alpha value is -0.570. The third-order valence-corrected chi connectivity index (χ3v) is 2.55. The molecule has 0 unspecified atom stereocenters. The van der Waals surface area contributed by atoms with Crippen molar-refractivity contribution in [1.82, 2.24) is 10.2 Å². The van der Waals surface area contributed by atoms with Crippen molar-refractivity contribution in [3.63, 3.8) is 0 Å². The quantitative estimate of drug-likeness (QED) is 0.690. The van der Waals surface area contributed by atoms with E-state index >= 15 is 0 Å². The number of hydrogen-bond acceptors (Lipinski definition) is 2. The van der Waals surface area contributed by atoms with E-state index in [1.54, 1.807) is 0 Å². The fraction of sp³-hybridized carbons (Fsp3) is 0.900. The van der Waals surface area contributed by atoms with Gasteiger partial charge in [0.2, 0.25) is 5.91 Å². The van der Waals surface area contributed by atoms with Gasteiger partial charge in [0.1, 0.15) is 0 Å². The van der Waals surface area contributed by atoms with Crippen LogP contribution >= 0.6 is 0 Å². The predicted octanol–water partition coefficient (Wildman–Crippen LogP) is 0.853. The van der Waals surface area contributed by atoms with E-state index in [9.17, 15) is 4.79 Å². The highest BCUT2D eigenvalue weighted by Crippen LogP contribution is 2.24. The monoisotopic (exact) mass is 184 g/mol. The Morgan fingerprint density at radius 3 is 2.38 bits per heavy atom. The molecule has 13 heavy (non-hydrogen) atoms. The van der Waals surface area contributed by atoms with E-state index < -0.39 is 0 Å². The van der Waals surface area contributed by atoms with Gasteiger partial charge in [0.15, 0.2) is 0 Å². The van der Waals surface area contributed by atoms with Crippen molar-refractivity contribution < 1.29 is 4.79 Å². The second-order valence-electron chi connectivity index (χ2n) is 4.67. The normalized spacial score (nSPS) is 19.7. The van der Waals surface area contributed by atoms with Crippen molar-refractivity contribution in [2.45, 2.75) is 33.2 Å². The molecule has 1 amide bonds. The molecule has 1 saturated heterocycles. The van der Waals surface area contributed by atoms with Crippen molar-refractivity contribution in [2.24, 2.45) is 5.92 Å². The Morgan fingerprint density at radius 1 is 1.46 bits per heavy atom. The summed E-state index contributed by atoms with van der Waals surface area (Å²) in [5.74, 6) is 0.433. The SMILES string of the molecule is CCNC(=O)C1CN(C(C)(C)C)C1. The Balaban J connectivity index is 2.29. The van der Waals surface area contributed by atoms with E-state index in [1.165, 1.54) is 0 Å². The second kappa shape index (κ2) is 3.66. The molecule has 1 N–H and O–H groups in total. The number of nitrogens with one attached hydrogen (secondary N) is 1. The standard InChI is InChI=1S/C10H20N2O/c1-5-11-9(13)8-6-12(7-8)10(2,3)4/h8H,5-7H2,1-4H3,(H,11,13). The molecule has 1 aliphatic rings. The molecule has 1 aliphatic heterocycles. The summed E-state index contributed by atoms with van der Waals surface area (Å²) < 4.78 is 0. The summed E-state index contributed by atoms with van der Waals surface area (Å²) in [5.41, 5.74) is 0.211. The first-order chi connectivity index (χ1) is 5.95. The van der Waals surface area contributed by atoms with Crippen LogP contribution in [-0.2, 0) is 4.79 Å². The van der Waals surface area contributed by atoms with Gasteiger partial charge in [-0.3, -0.25) is 9.69 Å². The third-order valence-electron chi connectivity index (χ3n) is 2.55. The van der Waals surface area contributed by atoms with Crippen LogP contribution in [-0.4, -0.2) is 36.0 Å². The van der Waals surface area contributed by atoms with Crippen molar-refractivity contribution in [3.8, 4) is 0 Å². The molecule has 3 nitrogen and oxygen atoms in total. The lowest BCUT2D eigenvalue weighted by atomic mass is 9.92. The molecule has 0 atom stereocenters. The lowest BCUT2D eigenvalue weighted by Gasteiger charge is -2.46. The zero-order valence-electron chi connectivity index (χ0n) is 9.05. The van der Waals surface area contributed by atoms with Gasteiger partial charge in [0, 0.05) is 25.2 Å². The van der Waals surface area contributed by atoms with E-state index in [0.717, 1.165) is 19.6 Å². The zero-order chi connectivity index (χ0) is 10.1. The Morgan fingerprint density at radius 2 is 2.00 bits per heavy atom. The van der Waals surface area contributed by atoms with Gasteiger partial charge in [-0.1, -0.05) is 0 Å². The number of carbonyl (C=O) groups is 1. The summed E-state index contributed by atoms with van der Waals surface area (Å²) in [6, 6.07) is 0. The van der Waals surface area contributed by atoms with Gasteiger partial charge >= 0.3 is 0 Å². The highest BCUT2D eigenvalue weighted by Gasteiger charge is 2.37. The fourth-order valence-electron chi connectivity index (χ4n) is 1.51. The largest absolute Gasteiger partial charge is 0.356 e. The van der Waals surface area contributed by atoms with Crippen LogP contribution in [0.5, 0.6) is 0 Å². The maximum atomic E-state index is 11.4. The lowest BCUT2D eigenvalue weighted by Crippen LogP contribution is -2.59. The maximum absolute atomic E-state index is 11.4. The van der Waals surface area contributed by atoms with Crippen LogP contribution in [0.1, 0.15) is 27.7 Å². The van der Waals surface area contributed by atoms with Gasteiger partial charge in [-0.25, -0.2) is 0 Å². The van der Waals surface area contributed by atoms with Crippen LogP contribution < -0.4 is 5.32 Å². The first-order valence-corrected chi connectivity index (χ1v) is 4.98. The Kier molecular flexibility index (Phi) is 2.96. The van der Waals surface area contributed by atoms with E-state index in [1.807, 2.05) is 6.92 Å². The zero-order valence-corrected chi connectivity index (χ0v) is 9.05. The highest BCUT2D eigenvalue weighted by molar-refractivity contribution is 5.79. The van der Waals surface area contributed by atoms with Gasteiger partial charge in [-0.05, 0) is 27.7 Å². The molecule has 0 saturated carbocycles. The summed E-state index contributed by atoms with van der Waals surface area (Å²) >= 11 is 0. The lowest BCUT2D eigenvalue weighted by molar-refractivity contribution is -0.132. The summed E-state index contributed by atoms with van der Waals surface area (Å²) in [5, 5.41) is 2.85. The third kappa shape index (κ3) is 2.44. The minimum absolute atomic E-state index is 0.211. The van der Waals surface area contributed by atoms with Crippen molar-refractivity contribution >= 4 is 5.91 Å². The molecule has 1 fully saturated rings. The van der Waals surface area contributed by atoms with Gasteiger partial charge in [0.05, 0.1) is 5.92 Å². The number of likely N-dealkylation sites (tertiary alicyclic amines) is 1. The summed E-state index contributed by atoms with van der Waals surface area (Å²) in [4.78, 5) is 13.7. The average Bonchev–Trinajstić information content (AvgIpc) is 1.79. The van der Waals surface area contributed by atoms with Crippen LogP contribution in [0.4, 0.5) is 0 Å². The van der Waals surface area contributed by atoms with Gasteiger partial charge in [-0.15, -0.1) is 0 Å². The molecule has 0 bridgehead atoms. The molecular weight excluding hydrogens is 164 g/mol. The van der Waals surface area contributed by atoms with Crippen LogP contribution in [0, 0.1) is 5.92 Å². The van der Waals surface area contributed by atoms with Crippen LogP contribution in [0.2, 0.25) is 0 Å². The molecular formula is C10H20N2O. The van der Waals surface area contributed by atoms with Crippen LogP contribution in [0.15, 0.2) is 0 Å². The Bertz CT molecular complexity index is 190. The number of nitrogens with zero attached hydrogens (tertiary/aromatic N) is 1. The van der Waals surface area contributed by atoms with Crippen LogP contribution in [0.25, 0.3) is 0 Å². The summed E-state index contributed by atoms with van der Waals surface area (Å²) in [7, 11) is 0. The molecule has 0 aliphatic carbocycles. The van der Waals surface area contributed by atoms with Crippen molar-refractivity contribution in [1.29, 1.82) is 0 Å². The number of hydrogen-bond donors (Lipinski definition) is 1.